The van der Waals surface area contributed by atoms with E-state index in [1.807, 2.05) is 13.0 Å². The Morgan fingerprint density at radius 3 is 2.43 bits per heavy atom. The van der Waals surface area contributed by atoms with E-state index in [9.17, 15) is 8.42 Å². The molecule has 1 N–H and O–H groups in total. The minimum absolute atomic E-state index is 0.232. The molecule has 6 heteroatoms. The van der Waals surface area contributed by atoms with E-state index in [0.717, 1.165) is 11.1 Å². The van der Waals surface area contributed by atoms with Crippen molar-refractivity contribution < 1.29 is 8.42 Å². The van der Waals surface area contributed by atoms with E-state index >= 15 is 0 Å². The van der Waals surface area contributed by atoms with Crippen molar-refractivity contribution in [3.8, 4) is 0 Å². The van der Waals surface area contributed by atoms with Crippen LogP contribution in [0.4, 0.5) is 0 Å². The number of hydrazone groups is 1. The molecule has 0 aliphatic rings. The van der Waals surface area contributed by atoms with Gasteiger partial charge < -0.3 is 0 Å². The van der Waals surface area contributed by atoms with Crippen LogP contribution in [0.1, 0.15) is 16.7 Å². The highest BCUT2D eigenvalue weighted by atomic mass is 35.5. The van der Waals surface area contributed by atoms with E-state index in [1.54, 1.807) is 43.3 Å². The molecule has 0 heterocycles. The van der Waals surface area contributed by atoms with Crippen molar-refractivity contribution in [1.82, 2.24) is 4.83 Å². The normalized spacial score (nSPS) is 11.8. The smallest absolute Gasteiger partial charge is 0.200 e. The zero-order valence-corrected chi connectivity index (χ0v) is 13.2. The lowest BCUT2D eigenvalue weighted by Gasteiger charge is -2.07. The zero-order valence-electron chi connectivity index (χ0n) is 11.7. The number of halogens is 1. The van der Waals surface area contributed by atoms with Gasteiger partial charge in [0.1, 0.15) is 0 Å². The molecule has 0 amide bonds. The van der Waals surface area contributed by atoms with E-state index < -0.39 is 10.0 Å². The third kappa shape index (κ3) is 4.06. The average Bonchev–Trinajstić information content (AvgIpc) is 2.43. The van der Waals surface area contributed by atoms with Crippen molar-refractivity contribution in [1.29, 1.82) is 0 Å². The molecule has 4 nitrogen and oxygen atoms in total. The molecule has 0 aromatic heterocycles. The molecule has 0 aliphatic heterocycles. The van der Waals surface area contributed by atoms with E-state index in [0.29, 0.717) is 10.6 Å². The van der Waals surface area contributed by atoms with Gasteiger partial charge in [0.05, 0.1) is 11.1 Å². The van der Waals surface area contributed by atoms with Gasteiger partial charge in [0.15, 0.2) is 0 Å². The first-order valence-corrected chi connectivity index (χ1v) is 8.12. The molecule has 110 valence electrons. The Hall–Kier alpha value is -1.85. The van der Waals surface area contributed by atoms with Crippen LogP contribution in [0, 0.1) is 13.8 Å². The largest absolute Gasteiger partial charge is 0.276 e. The summed E-state index contributed by atoms with van der Waals surface area (Å²) in [5.74, 6) is 0. The lowest BCUT2D eigenvalue weighted by atomic mass is 10.2. The lowest BCUT2D eigenvalue weighted by molar-refractivity contribution is 0.584. The van der Waals surface area contributed by atoms with Crippen LogP contribution in [-0.4, -0.2) is 14.6 Å². The Bertz CT molecular complexity index is 769. The van der Waals surface area contributed by atoms with Gasteiger partial charge in [0, 0.05) is 5.02 Å². The summed E-state index contributed by atoms with van der Waals surface area (Å²) in [6.45, 7) is 3.59. The molecule has 0 saturated carbocycles. The van der Waals surface area contributed by atoms with Crippen LogP contribution in [0.5, 0.6) is 0 Å². The molecular weight excluding hydrogens is 308 g/mol. The summed E-state index contributed by atoms with van der Waals surface area (Å²) >= 11 is 5.77. The van der Waals surface area contributed by atoms with E-state index in [-0.39, 0.29) is 4.90 Å². The van der Waals surface area contributed by atoms with Crippen molar-refractivity contribution in [2.45, 2.75) is 18.7 Å². The zero-order chi connectivity index (χ0) is 15.5. The predicted molar refractivity (Wildman–Crippen MR) is 85.3 cm³/mol. The molecule has 2 aromatic carbocycles. The molecular formula is C15H15ClN2O2S. The number of hydrogen-bond donors (Lipinski definition) is 1. The highest BCUT2D eigenvalue weighted by Crippen LogP contribution is 2.16. The molecule has 2 aromatic rings. The second-order valence-corrected chi connectivity index (χ2v) is 6.74. The summed E-state index contributed by atoms with van der Waals surface area (Å²) in [6, 6.07) is 12.2. The van der Waals surface area contributed by atoms with E-state index in [1.165, 1.54) is 6.21 Å². The summed E-state index contributed by atoms with van der Waals surface area (Å²) in [5, 5.41) is 4.40. The standard InChI is InChI=1S/C15H15ClN2O2S/c1-11-3-4-12(2)15(9-11)21(19,20)18-17-10-13-5-7-14(16)8-6-13/h3-10,18H,1-2H3. The Kier molecular flexibility index (Phi) is 4.65. The summed E-state index contributed by atoms with van der Waals surface area (Å²) in [7, 11) is -3.67. The lowest BCUT2D eigenvalue weighted by Crippen LogP contribution is -2.19. The first-order chi connectivity index (χ1) is 9.88. The van der Waals surface area contributed by atoms with Gasteiger partial charge in [0.25, 0.3) is 10.0 Å². The minimum atomic E-state index is -3.67. The third-order valence-electron chi connectivity index (χ3n) is 2.89. The maximum Gasteiger partial charge on any atom is 0.276 e. The number of benzene rings is 2. The first kappa shape index (κ1) is 15.5. The number of sulfonamides is 1. The van der Waals surface area contributed by atoms with Crippen LogP contribution in [-0.2, 0) is 10.0 Å². The van der Waals surface area contributed by atoms with Gasteiger partial charge >= 0.3 is 0 Å². The fourth-order valence-electron chi connectivity index (χ4n) is 1.77. The van der Waals surface area contributed by atoms with Crippen molar-refractivity contribution in [2.75, 3.05) is 0 Å². The summed E-state index contributed by atoms with van der Waals surface area (Å²) in [5.41, 5.74) is 2.31. The molecule has 0 bridgehead atoms. The highest BCUT2D eigenvalue weighted by molar-refractivity contribution is 7.89. The second-order valence-electron chi connectivity index (χ2n) is 4.67. The summed E-state index contributed by atoms with van der Waals surface area (Å²) in [4.78, 5) is 2.45. The topological polar surface area (TPSA) is 58.5 Å². The molecule has 2 rings (SSSR count). The van der Waals surface area contributed by atoms with Crippen LogP contribution in [0.2, 0.25) is 5.02 Å². The Labute approximate surface area is 129 Å². The van der Waals surface area contributed by atoms with Crippen molar-refractivity contribution in [2.24, 2.45) is 5.10 Å². The number of hydrogen-bond acceptors (Lipinski definition) is 3. The monoisotopic (exact) mass is 322 g/mol. The predicted octanol–water partition coefficient (Wildman–Crippen LogP) is 3.27. The minimum Gasteiger partial charge on any atom is -0.200 e. The van der Waals surface area contributed by atoms with Crippen LogP contribution >= 0.6 is 11.6 Å². The SMILES string of the molecule is Cc1ccc(C)c(S(=O)(=O)NN=Cc2ccc(Cl)cc2)c1. The maximum absolute atomic E-state index is 12.2. The van der Waals surface area contributed by atoms with E-state index in [2.05, 4.69) is 9.93 Å². The van der Waals surface area contributed by atoms with Gasteiger partial charge in [-0.15, -0.1) is 0 Å². The Balaban J connectivity index is 2.18. The number of nitrogens with one attached hydrogen (secondary N) is 1. The van der Waals surface area contributed by atoms with Crippen molar-refractivity contribution >= 4 is 27.8 Å². The molecule has 0 fully saturated rings. The van der Waals surface area contributed by atoms with Gasteiger partial charge in [-0.2, -0.15) is 13.5 Å². The maximum atomic E-state index is 12.2. The highest BCUT2D eigenvalue weighted by Gasteiger charge is 2.15. The van der Waals surface area contributed by atoms with Crippen LogP contribution in [0.25, 0.3) is 0 Å². The first-order valence-electron chi connectivity index (χ1n) is 6.26. The van der Waals surface area contributed by atoms with Gasteiger partial charge in [-0.3, -0.25) is 0 Å². The molecule has 0 radical (unpaired) electrons. The molecule has 0 saturated heterocycles. The summed E-state index contributed by atoms with van der Waals surface area (Å²) in [6.07, 6.45) is 1.43. The van der Waals surface area contributed by atoms with Crippen LogP contribution < -0.4 is 4.83 Å². The average molecular weight is 323 g/mol. The molecule has 0 unspecified atom stereocenters. The molecule has 0 atom stereocenters. The third-order valence-corrected chi connectivity index (χ3v) is 4.51. The number of rotatable bonds is 4. The van der Waals surface area contributed by atoms with E-state index in [4.69, 9.17) is 11.6 Å². The molecule has 0 aliphatic carbocycles. The Morgan fingerprint density at radius 2 is 1.76 bits per heavy atom. The Morgan fingerprint density at radius 1 is 1.10 bits per heavy atom. The van der Waals surface area contributed by atoms with Gasteiger partial charge in [-0.05, 0) is 48.7 Å². The molecule has 0 spiro atoms. The molecule has 21 heavy (non-hydrogen) atoms. The van der Waals surface area contributed by atoms with Crippen LogP contribution in [0.3, 0.4) is 0 Å². The fourth-order valence-corrected chi connectivity index (χ4v) is 3.01. The van der Waals surface area contributed by atoms with Gasteiger partial charge in [0.2, 0.25) is 0 Å². The quantitative estimate of drug-likeness (QED) is 0.693. The van der Waals surface area contributed by atoms with Crippen molar-refractivity contribution in [3.05, 3.63) is 64.2 Å². The van der Waals surface area contributed by atoms with Gasteiger partial charge in [-0.25, -0.2) is 4.83 Å². The summed E-state index contributed by atoms with van der Waals surface area (Å²) < 4.78 is 24.4. The van der Waals surface area contributed by atoms with Gasteiger partial charge in [-0.1, -0.05) is 35.9 Å². The fraction of sp³-hybridized carbons (Fsp3) is 0.133. The second kappa shape index (κ2) is 6.28. The number of aryl methyl sites for hydroxylation is 2. The number of nitrogens with zero attached hydrogens (tertiary/aromatic N) is 1. The van der Waals surface area contributed by atoms with Crippen molar-refractivity contribution in [3.63, 3.8) is 0 Å². The van der Waals surface area contributed by atoms with Crippen LogP contribution in [0.15, 0.2) is 52.5 Å².